The first-order valence-corrected chi connectivity index (χ1v) is 6.31. The van der Waals surface area contributed by atoms with E-state index in [0.29, 0.717) is 10.6 Å². The predicted octanol–water partition coefficient (Wildman–Crippen LogP) is 4.05. The summed E-state index contributed by atoms with van der Waals surface area (Å²) in [7, 11) is 0. The van der Waals surface area contributed by atoms with Crippen LogP contribution in [0.5, 0.6) is 0 Å². The molecule has 0 spiro atoms. The van der Waals surface area contributed by atoms with Gasteiger partial charge in [0.05, 0.1) is 0 Å². The SMILES string of the molecule is O=C(c1ccc(Cl)cc1)[C@H](Br)c1cccnc1. The molecule has 1 aromatic carbocycles. The minimum Gasteiger partial charge on any atom is -0.293 e. The Morgan fingerprint density at radius 1 is 1.24 bits per heavy atom. The van der Waals surface area contributed by atoms with Gasteiger partial charge in [-0.1, -0.05) is 33.6 Å². The second-order valence-electron chi connectivity index (χ2n) is 3.52. The molecular formula is C13H9BrClNO. The van der Waals surface area contributed by atoms with E-state index in [9.17, 15) is 4.79 Å². The maximum Gasteiger partial charge on any atom is 0.180 e. The van der Waals surface area contributed by atoms with Crippen LogP contribution < -0.4 is 0 Å². The van der Waals surface area contributed by atoms with Crippen molar-refractivity contribution >= 4 is 33.3 Å². The van der Waals surface area contributed by atoms with Gasteiger partial charge in [-0.25, -0.2) is 0 Å². The zero-order chi connectivity index (χ0) is 12.3. The molecule has 2 rings (SSSR count). The Bertz CT molecular complexity index is 513. The van der Waals surface area contributed by atoms with Gasteiger partial charge >= 0.3 is 0 Å². The molecule has 2 nitrogen and oxygen atoms in total. The topological polar surface area (TPSA) is 30.0 Å². The van der Waals surface area contributed by atoms with Crippen LogP contribution in [0.4, 0.5) is 0 Å². The van der Waals surface area contributed by atoms with E-state index in [1.807, 2.05) is 6.07 Å². The zero-order valence-electron chi connectivity index (χ0n) is 8.81. The molecule has 1 atom stereocenters. The number of rotatable bonds is 3. The predicted molar refractivity (Wildman–Crippen MR) is 71.7 cm³/mol. The summed E-state index contributed by atoms with van der Waals surface area (Å²) in [6, 6.07) is 10.5. The molecule has 0 aliphatic heterocycles. The Labute approximate surface area is 113 Å². The van der Waals surface area contributed by atoms with Crippen LogP contribution in [-0.4, -0.2) is 10.8 Å². The van der Waals surface area contributed by atoms with E-state index in [2.05, 4.69) is 20.9 Å². The number of Topliss-reactive ketones (excluding diaryl/α,β-unsaturated/α-hetero) is 1. The quantitative estimate of drug-likeness (QED) is 0.632. The van der Waals surface area contributed by atoms with Gasteiger partial charge in [0.1, 0.15) is 4.83 Å². The van der Waals surface area contributed by atoms with Gasteiger partial charge in [-0.2, -0.15) is 0 Å². The zero-order valence-corrected chi connectivity index (χ0v) is 11.1. The molecule has 0 bridgehead atoms. The number of alkyl halides is 1. The fraction of sp³-hybridized carbons (Fsp3) is 0.0769. The molecule has 0 aliphatic carbocycles. The lowest BCUT2D eigenvalue weighted by molar-refractivity contribution is 0.0991. The van der Waals surface area contributed by atoms with E-state index in [4.69, 9.17) is 11.6 Å². The summed E-state index contributed by atoms with van der Waals surface area (Å²) in [6.45, 7) is 0. The lowest BCUT2D eigenvalue weighted by Gasteiger charge is -2.08. The number of ketones is 1. The third kappa shape index (κ3) is 2.93. The number of carbonyl (C=O) groups is 1. The normalized spacial score (nSPS) is 12.1. The summed E-state index contributed by atoms with van der Waals surface area (Å²) in [6.07, 6.45) is 3.35. The average molecular weight is 311 g/mol. The number of halogens is 2. The van der Waals surface area contributed by atoms with Gasteiger partial charge in [0.2, 0.25) is 0 Å². The molecule has 0 radical (unpaired) electrons. The molecule has 0 unspecified atom stereocenters. The van der Waals surface area contributed by atoms with E-state index in [-0.39, 0.29) is 10.6 Å². The van der Waals surface area contributed by atoms with Gasteiger partial charge in [-0.05, 0) is 35.9 Å². The molecule has 0 fully saturated rings. The maximum absolute atomic E-state index is 12.1. The third-order valence-corrected chi connectivity index (χ3v) is 3.53. The number of carbonyl (C=O) groups excluding carboxylic acids is 1. The van der Waals surface area contributed by atoms with Gasteiger partial charge in [-0.15, -0.1) is 0 Å². The largest absolute Gasteiger partial charge is 0.293 e. The van der Waals surface area contributed by atoms with Crippen LogP contribution >= 0.6 is 27.5 Å². The van der Waals surface area contributed by atoms with E-state index >= 15 is 0 Å². The summed E-state index contributed by atoms with van der Waals surface area (Å²) in [4.78, 5) is 15.8. The Balaban J connectivity index is 2.23. The Hall–Kier alpha value is -1.19. The third-order valence-electron chi connectivity index (χ3n) is 2.34. The van der Waals surface area contributed by atoms with Crippen molar-refractivity contribution in [3.63, 3.8) is 0 Å². The molecule has 0 N–H and O–H groups in total. The van der Waals surface area contributed by atoms with Gasteiger partial charge in [0.25, 0.3) is 0 Å². The lowest BCUT2D eigenvalue weighted by Crippen LogP contribution is -2.07. The second kappa shape index (κ2) is 5.43. The van der Waals surface area contributed by atoms with E-state index in [1.54, 1.807) is 42.7 Å². The van der Waals surface area contributed by atoms with Crippen molar-refractivity contribution in [2.45, 2.75) is 4.83 Å². The summed E-state index contributed by atoms with van der Waals surface area (Å²) in [5.74, 6) is -0.00494. The first kappa shape index (κ1) is 12.3. The number of pyridine rings is 1. The van der Waals surface area contributed by atoms with E-state index in [1.165, 1.54) is 0 Å². The number of benzene rings is 1. The van der Waals surface area contributed by atoms with Gasteiger partial charge in [-0.3, -0.25) is 9.78 Å². The highest BCUT2D eigenvalue weighted by Crippen LogP contribution is 2.26. The van der Waals surface area contributed by atoms with Crippen molar-refractivity contribution in [3.8, 4) is 0 Å². The molecular weight excluding hydrogens is 302 g/mol. The van der Waals surface area contributed by atoms with Crippen molar-refractivity contribution in [1.82, 2.24) is 4.98 Å². The number of nitrogens with zero attached hydrogens (tertiary/aromatic N) is 1. The van der Waals surface area contributed by atoms with E-state index in [0.717, 1.165) is 5.56 Å². The number of hydrogen-bond acceptors (Lipinski definition) is 2. The van der Waals surface area contributed by atoms with Crippen LogP contribution in [0.25, 0.3) is 0 Å². The maximum atomic E-state index is 12.1. The monoisotopic (exact) mass is 309 g/mol. The van der Waals surface area contributed by atoms with Gasteiger partial charge in [0.15, 0.2) is 5.78 Å². The van der Waals surface area contributed by atoms with Crippen LogP contribution in [0.3, 0.4) is 0 Å². The van der Waals surface area contributed by atoms with Crippen LogP contribution in [0.2, 0.25) is 5.02 Å². The van der Waals surface area contributed by atoms with Crippen molar-refractivity contribution in [1.29, 1.82) is 0 Å². The molecule has 17 heavy (non-hydrogen) atoms. The first-order chi connectivity index (χ1) is 8.18. The number of hydrogen-bond donors (Lipinski definition) is 0. The summed E-state index contributed by atoms with van der Waals surface area (Å²) in [5.41, 5.74) is 1.47. The minimum absolute atomic E-state index is 0.00494. The van der Waals surface area contributed by atoms with Crippen molar-refractivity contribution in [2.24, 2.45) is 0 Å². The van der Waals surface area contributed by atoms with Crippen LogP contribution in [0.1, 0.15) is 20.7 Å². The minimum atomic E-state index is -0.377. The highest BCUT2D eigenvalue weighted by molar-refractivity contribution is 9.09. The smallest absolute Gasteiger partial charge is 0.180 e. The average Bonchev–Trinajstić information content (AvgIpc) is 2.39. The summed E-state index contributed by atoms with van der Waals surface area (Å²) in [5, 5.41) is 0.619. The fourth-order valence-corrected chi connectivity index (χ4v) is 2.10. The molecule has 0 saturated heterocycles. The van der Waals surface area contributed by atoms with Crippen LogP contribution in [-0.2, 0) is 0 Å². The Kier molecular flexibility index (Phi) is 3.92. The first-order valence-electron chi connectivity index (χ1n) is 5.02. The second-order valence-corrected chi connectivity index (χ2v) is 4.87. The molecule has 1 aromatic heterocycles. The molecule has 4 heteroatoms. The fourth-order valence-electron chi connectivity index (χ4n) is 1.44. The molecule has 2 aromatic rings. The summed E-state index contributed by atoms with van der Waals surface area (Å²) < 4.78 is 0. The molecule has 0 saturated carbocycles. The Morgan fingerprint density at radius 3 is 2.53 bits per heavy atom. The van der Waals surface area contributed by atoms with Crippen molar-refractivity contribution < 1.29 is 4.79 Å². The molecule has 0 aliphatic rings. The standard InChI is InChI=1S/C13H9BrClNO/c14-12(10-2-1-7-16-8-10)13(17)9-3-5-11(15)6-4-9/h1-8,12H/t12-/m1/s1. The van der Waals surface area contributed by atoms with Gasteiger partial charge < -0.3 is 0 Å². The number of aromatic nitrogens is 1. The summed E-state index contributed by atoms with van der Waals surface area (Å²) >= 11 is 9.16. The lowest BCUT2D eigenvalue weighted by atomic mass is 10.0. The van der Waals surface area contributed by atoms with Crippen molar-refractivity contribution in [3.05, 3.63) is 64.9 Å². The highest BCUT2D eigenvalue weighted by Gasteiger charge is 2.18. The highest BCUT2D eigenvalue weighted by atomic mass is 79.9. The van der Waals surface area contributed by atoms with Crippen LogP contribution in [0.15, 0.2) is 48.8 Å². The van der Waals surface area contributed by atoms with Crippen LogP contribution in [0, 0.1) is 0 Å². The molecule has 86 valence electrons. The van der Waals surface area contributed by atoms with Gasteiger partial charge in [0, 0.05) is 23.0 Å². The Morgan fingerprint density at radius 2 is 1.94 bits per heavy atom. The molecule has 0 amide bonds. The van der Waals surface area contributed by atoms with Crippen molar-refractivity contribution in [2.75, 3.05) is 0 Å². The molecule has 1 heterocycles. The van der Waals surface area contributed by atoms with E-state index < -0.39 is 0 Å².